The summed E-state index contributed by atoms with van der Waals surface area (Å²) in [6.07, 6.45) is 1.48. The van der Waals surface area contributed by atoms with E-state index in [2.05, 4.69) is 10.1 Å². The number of carbonyl (C=O) groups is 1. The van der Waals surface area contributed by atoms with Gasteiger partial charge in [-0.05, 0) is 13.0 Å². The van der Waals surface area contributed by atoms with Crippen molar-refractivity contribution < 1.29 is 9.53 Å². The van der Waals surface area contributed by atoms with Crippen LogP contribution in [0, 0.1) is 0 Å². The Bertz CT molecular complexity index is 597. The van der Waals surface area contributed by atoms with Gasteiger partial charge in [-0.3, -0.25) is 9.48 Å². The molecule has 0 radical (unpaired) electrons. The van der Waals surface area contributed by atoms with Crippen molar-refractivity contribution in [2.75, 3.05) is 6.61 Å². The Morgan fingerprint density at radius 2 is 2.38 bits per heavy atom. The lowest BCUT2D eigenvalue weighted by atomic mass is 10.2. The number of aromatic nitrogens is 3. The zero-order valence-electron chi connectivity index (χ0n) is 8.98. The van der Waals surface area contributed by atoms with Crippen LogP contribution in [0.5, 0.6) is 0 Å². The molecule has 6 nitrogen and oxygen atoms in total. The predicted molar refractivity (Wildman–Crippen MR) is 57.3 cm³/mol. The lowest BCUT2D eigenvalue weighted by molar-refractivity contribution is 0.0521. The normalized spacial score (nSPS) is 10.6. The highest BCUT2D eigenvalue weighted by Gasteiger charge is 2.18. The number of rotatable bonds is 2. The van der Waals surface area contributed by atoms with E-state index in [0.717, 1.165) is 0 Å². The number of carbonyl (C=O) groups excluding carboxylic acids is 1. The van der Waals surface area contributed by atoms with E-state index >= 15 is 0 Å². The van der Waals surface area contributed by atoms with Gasteiger partial charge in [0.25, 0.3) is 5.56 Å². The average molecular weight is 221 g/mol. The molecule has 6 heteroatoms. The largest absolute Gasteiger partial charge is 0.461 e. The van der Waals surface area contributed by atoms with Crippen LogP contribution in [0.3, 0.4) is 0 Å². The fraction of sp³-hybridized carbons (Fsp3) is 0.300. The average Bonchev–Trinajstić information content (AvgIpc) is 2.58. The van der Waals surface area contributed by atoms with Crippen LogP contribution >= 0.6 is 0 Å². The zero-order chi connectivity index (χ0) is 11.7. The van der Waals surface area contributed by atoms with Crippen molar-refractivity contribution in [3.8, 4) is 0 Å². The minimum Gasteiger partial charge on any atom is -0.461 e. The van der Waals surface area contributed by atoms with E-state index in [-0.39, 0.29) is 17.9 Å². The van der Waals surface area contributed by atoms with E-state index in [1.165, 1.54) is 10.9 Å². The second kappa shape index (κ2) is 3.80. The van der Waals surface area contributed by atoms with Gasteiger partial charge in [0.2, 0.25) is 0 Å². The summed E-state index contributed by atoms with van der Waals surface area (Å²) in [6, 6.07) is 1.63. The molecule has 1 N–H and O–H groups in total. The number of H-pyrrole nitrogens is 1. The molecule has 2 heterocycles. The number of aryl methyl sites for hydroxylation is 1. The summed E-state index contributed by atoms with van der Waals surface area (Å²) in [6.45, 7) is 2.00. The minimum absolute atomic E-state index is 0.172. The number of pyridine rings is 1. The van der Waals surface area contributed by atoms with Gasteiger partial charge in [0.05, 0.1) is 6.61 Å². The monoisotopic (exact) mass is 221 g/mol. The Hall–Kier alpha value is -2.11. The summed E-state index contributed by atoms with van der Waals surface area (Å²) >= 11 is 0. The maximum absolute atomic E-state index is 11.6. The van der Waals surface area contributed by atoms with E-state index in [1.54, 1.807) is 20.0 Å². The van der Waals surface area contributed by atoms with Crippen LogP contribution in [0.25, 0.3) is 10.9 Å². The molecule has 16 heavy (non-hydrogen) atoms. The number of aromatic amines is 1. The molecule has 2 rings (SSSR count). The van der Waals surface area contributed by atoms with E-state index < -0.39 is 5.97 Å². The molecule has 0 amide bonds. The first kappa shape index (κ1) is 10.4. The molecule has 0 unspecified atom stereocenters. The van der Waals surface area contributed by atoms with Crippen molar-refractivity contribution in [3.63, 3.8) is 0 Å². The Labute approximate surface area is 90.8 Å². The molecule has 0 atom stereocenters. The van der Waals surface area contributed by atoms with Crippen LogP contribution in [0.4, 0.5) is 0 Å². The molecule has 84 valence electrons. The van der Waals surface area contributed by atoms with Crippen molar-refractivity contribution in [2.24, 2.45) is 7.05 Å². The Morgan fingerprint density at radius 1 is 1.62 bits per heavy atom. The van der Waals surface area contributed by atoms with E-state index in [4.69, 9.17) is 4.74 Å². The fourth-order valence-electron chi connectivity index (χ4n) is 1.59. The Balaban J connectivity index is 2.69. The summed E-state index contributed by atoms with van der Waals surface area (Å²) in [5.41, 5.74) is 0.263. The molecule has 2 aromatic heterocycles. The number of hydrogen-bond acceptors (Lipinski definition) is 4. The van der Waals surface area contributed by atoms with Gasteiger partial charge in [-0.1, -0.05) is 0 Å². The topological polar surface area (TPSA) is 77.0 Å². The third kappa shape index (κ3) is 1.48. The molecular weight excluding hydrogens is 210 g/mol. The molecule has 0 saturated heterocycles. The van der Waals surface area contributed by atoms with E-state index in [1.807, 2.05) is 0 Å². The standard InChI is InChI=1S/C10H11N3O3/c1-3-16-10(15)7-6-4-5-11-9(14)8(6)13(2)12-7/h4-5H,3H2,1-2H3,(H,11,14). The molecule has 0 fully saturated rings. The van der Waals surface area contributed by atoms with Crippen molar-refractivity contribution in [3.05, 3.63) is 28.3 Å². The van der Waals surface area contributed by atoms with Crippen molar-refractivity contribution >= 4 is 16.9 Å². The van der Waals surface area contributed by atoms with Crippen LogP contribution in [0.1, 0.15) is 17.4 Å². The molecule has 0 saturated carbocycles. The minimum atomic E-state index is -0.515. The fourth-order valence-corrected chi connectivity index (χ4v) is 1.59. The number of hydrogen-bond donors (Lipinski definition) is 1. The summed E-state index contributed by atoms with van der Waals surface area (Å²) in [4.78, 5) is 25.6. The second-order valence-electron chi connectivity index (χ2n) is 3.26. The maximum Gasteiger partial charge on any atom is 0.359 e. The molecule has 0 aliphatic carbocycles. The number of fused-ring (bicyclic) bond motifs is 1. The molecule has 0 bridgehead atoms. The van der Waals surface area contributed by atoms with Gasteiger partial charge >= 0.3 is 5.97 Å². The Morgan fingerprint density at radius 3 is 3.06 bits per heavy atom. The molecule has 0 aromatic carbocycles. The molecule has 2 aromatic rings. The maximum atomic E-state index is 11.6. The quantitative estimate of drug-likeness (QED) is 0.746. The number of nitrogens with one attached hydrogen (secondary N) is 1. The third-order valence-electron chi connectivity index (χ3n) is 2.23. The third-order valence-corrected chi connectivity index (χ3v) is 2.23. The molecule has 0 aliphatic heterocycles. The van der Waals surface area contributed by atoms with Crippen LogP contribution in [0.2, 0.25) is 0 Å². The van der Waals surface area contributed by atoms with Crippen molar-refractivity contribution in [1.29, 1.82) is 0 Å². The van der Waals surface area contributed by atoms with Gasteiger partial charge in [-0.25, -0.2) is 4.79 Å². The smallest absolute Gasteiger partial charge is 0.359 e. The highest BCUT2D eigenvalue weighted by atomic mass is 16.5. The summed E-state index contributed by atoms with van der Waals surface area (Å²) < 4.78 is 6.24. The van der Waals surface area contributed by atoms with Crippen LogP contribution in [-0.2, 0) is 11.8 Å². The summed E-state index contributed by atoms with van der Waals surface area (Å²) in [5, 5.41) is 4.50. The highest BCUT2D eigenvalue weighted by Crippen LogP contribution is 2.14. The van der Waals surface area contributed by atoms with E-state index in [9.17, 15) is 9.59 Å². The SMILES string of the molecule is CCOC(=O)c1nn(C)c2c(=O)[nH]ccc12. The number of nitrogens with zero attached hydrogens (tertiary/aromatic N) is 2. The van der Waals surface area contributed by atoms with Crippen LogP contribution in [0.15, 0.2) is 17.1 Å². The van der Waals surface area contributed by atoms with Gasteiger partial charge in [-0.2, -0.15) is 5.10 Å². The van der Waals surface area contributed by atoms with E-state index in [0.29, 0.717) is 10.9 Å². The lowest BCUT2D eigenvalue weighted by Gasteiger charge is -1.97. The van der Waals surface area contributed by atoms with Crippen LogP contribution in [-0.4, -0.2) is 27.3 Å². The van der Waals surface area contributed by atoms with Gasteiger partial charge in [-0.15, -0.1) is 0 Å². The number of esters is 1. The predicted octanol–water partition coefficient (Wildman–Crippen LogP) is 0.438. The first-order valence-electron chi connectivity index (χ1n) is 4.86. The van der Waals surface area contributed by atoms with Gasteiger partial charge in [0.1, 0.15) is 5.52 Å². The first-order chi connectivity index (χ1) is 7.65. The summed E-state index contributed by atoms with van der Waals surface area (Å²) in [5.74, 6) is -0.515. The number of ether oxygens (including phenoxy) is 1. The van der Waals surface area contributed by atoms with Crippen molar-refractivity contribution in [2.45, 2.75) is 6.92 Å². The first-order valence-corrected chi connectivity index (χ1v) is 4.86. The summed E-state index contributed by atoms with van der Waals surface area (Å²) in [7, 11) is 1.61. The lowest BCUT2D eigenvalue weighted by Crippen LogP contribution is -2.08. The van der Waals surface area contributed by atoms with Gasteiger partial charge in [0, 0.05) is 18.6 Å². The molecule has 0 spiro atoms. The molecule has 0 aliphatic rings. The zero-order valence-corrected chi connectivity index (χ0v) is 8.98. The van der Waals surface area contributed by atoms with Crippen molar-refractivity contribution in [1.82, 2.24) is 14.8 Å². The van der Waals surface area contributed by atoms with Gasteiger partial charge < -0.3 is 9.72 Å². The second-order valence-corrected chi connectivity index (χ2v) is 3.26. The van der Waals surface area contributed by atoms with Crippen LogP contribution < -0.4 is 5.56 Å². The highest BCUT2D eigenvalue weighted by molar-refractivity contribution is 6.01. The Kier molecular flexibility index (Phi) is 2.47. The molecular formula is C10H11N3O3. The van der Waals surface area contributed by atoms with Gasteiger partial charge in [0.15, 0.2) is 5.69 Å².